The predicted octanol–water partition coefficient (Wildman–Crippen LogP) is 2.87. The summed E-state index contributed by atoms with van der Waals surface area (Å²) in [5.41, 5.74) is 2.86. The van der Waals surface area contributed by atoms with E-state index in [1.807, 2.05) is 30.0 Å². The van der Waals surface area contributed by atoms with E-state index < -0.39 is 0 Å². The second kappa shape index (κ2) is 8.11. The standard InChI is InChI=1S/C18H26N2O3/c1-13-10-16(7-8-18(13)19-14(2)21)11-20(15(3)22)12-17-6-4-5-9-23-17/h7-8,10,17H,4-6,9,11-12H2,1-3H3,(H,19,21). The lowest BCUT2D eigenvalue weighted by atomic mass is 10.1. The van der Waals surface area contributed by atoms with Crippen LogP contribution in [0.2, 0.25) is 0 Å². The Bertz CT molecular complexity index is 565. The number of anilines is 1. The Morgan fingerprint density at radius 1 is 1.30 bits per heavy atom. The van der Waals surface area contributed by atoms with Gasteiger partial charge in [0.25, 0.3) is 0 Å². The van der Waals surface area contributed by atoms with E-state index in [0.29, 0.717) is 13.1 Å². The highest BCUT2D eigenvalue weighted by Gasteiger charge is 2.19. The summed E-state index contributed by atoms with van der Waals surface area (Å²) in [6, 6.07) is 5.86. The molecule has 1 aromatic rings. The summed E-state index contributed by atoms with van der Waals surface area (Å²) >= 11 is 0. The number of ether oxygens (including phenoxy) is 1. The molecule has 0 radical (unpaired) electrons. The fraction of sp³-hybridized carbons (Fsp3) is 0.556. The van der Waals surface area contributed by atoms with Gasteiger partial charge in [0.15, 0.2) is 0 Å². The van der Waals surface area contributed by atoms with Gasteiger partial charge in [-0.2, -0.15) is 0 Å². The Hall–Kier alpha value is -1.88. The average Bonchev–Trinajstić information content (AvgIpc) is 2.50. The summed E-state index contributed by atoms with van der Waals surface area (Å²) in [7, 11) is 0. The minimum Gasteiger partial charge on any atom is -0.376 e. The molecular formula is C18H26N2O3. The van der Waals surface area contributed by atoms with Crippen LogP contribution in [0.5, 0.6) is 0 Å². The summed E-state index contributed by atoms with van der Waals surface area (Å²) in [6.45, 7) is 7.05. The molecule has 1 unspecified atom stereocenters. The normalized spacial score (nSPS) is 17.6. The fourth-order valence-electron chi connectivity index (χ4n) is 2.88. The van der Waals surface area contributed by atoms with Gasteiger partial charge >= 0.3 is 0 Å². The first kappa shape index (κ1) is 17.5. The first-order valence-electron chi connectivity index (χ1n) is 8.20. The third-order valence-corrected chi connectivity index (χ3v) is 4.12. The van der Waals surface area contributed by atoms with E-state index in [-0.39, 0.29) is 17.9 Å². The van der Waals surface area contributed by atoms with Crippen molar-refractivity contribution in [1.82, 2.24) is 4.90 Å². The van der Waals surface area contributed by atoms with E-state index >= 15 is 0 Å². The smallest absolute Gasteiger partial charge is 0.221 e. The van der Waals surface area contributed by atoms with Gasteiger partial charge in [0.05, 0.1) is 6.10 Å². The van der Waals surface area contributed by atoms with Crippen LogP contribution >= 0.6 is 0 Å². The molecular weight excluding hydrogens is 292 g/mol. The fourth-order valence-corrected chi connectivity index (χ4v) is 2.88. The van der Waals surface area contributed by atoms with Gasteiger partial charge in [-0.25, -0.2) is 0 Å². The molecule has 1 atom stereocenters. The highest BCUT2D eigenvalue weighted by Crippen LogP contribution is 2.19. The van der Waals surface area contributed by atoms with E-state index in [9.17, 15) is 9.59 Å². The first-order chi connectivity index (χ1) is 11.0. The van der Waals surface area contributed by atoms with Gasteiger partial charge in [0.1, 0.15) is 0 Å². The van der Waals surface area contributed by atoms with Crippen LogP contribution in [-0.4, -0.2) is 36.0 Å². The minimum atomic E-state index is -0.0827. The van der Waals surface area contributed by atoms with E-state index in [2.05, 4.69) is 5.32 Å². The van der Waals surface area contributed by atoms with E-state index in [0.717, 1.165) is 36.3 Å². The molecule has 126 valence electrons. The van der Waals surface area contributed by atoms with Crippen molar-refractivity contribution in [3.63, 3.8) is 0 Å². The largest absolute Gasteiger partial charge is 0.376 e. The number of rotatable bonds is 5. The van der Waals surface area contributed by atoms with E-state index in [1.54, 1.807) is 6.92 Å². The number of amides is 2. The Balaban J connectivity index is 2.02. The maximum Gasteiger partial charge on any atom is 0.221 e. The summed E-state index contributed by atoms with van der Waals surface area (Å²) < 4.78 is 5.74. The van der Waals surface area contributed by atoms with Crippen LogP contribution in [0, 0.1) is 6.92 Å². The lowest BCUT2D eigenvalue weighted by Crippen LogP contribution is -2.38. The van der Waals surface area contributed by atoms with Crippen LogP contribution in [0.1, 0.15) is 44.2 Å². The van der Waals surface area contributed by atoms with E-state index in [4.69, 9.17) is 4.74 Å². The molecule has 5 nitrogen and oxygen atoms in total. The van der Waals surface area contributed by atoms with Crippen LogP contribution in [-0.2, 0) is 20.9 Å². The average molecular weight is 318 g/mol. The molecule has 1 aliphatic rings. The molecule has 0 bridgehead atoms. The predicted molar refractivity (Wildman–Crippen MR) is 90.2 cm³/mol. The van der Waals surface area contributed by atoms with Gasteiger partial charge < -0.3 is 15.0 Å². The number of aryl methyl sites for hydroxylation is 1. The number of hydrogen-bond donors (Lipinski definition) is 1. The van der Waals surface area contributed by atoms with Gasteiger partial charge in [-0.3, -0.25) is 9.59 Å². The molecule has 23 heavy (non-hydrogen) atoms. The molecule has 1 aromatic carbocycles. The molecule has 1 N–H and O–H groups in total. The lowest BCUT2D eigenvalue weighted by Gasteiger charge is -2.29. The second-order valence-electron chi connectivity index (χ2n) is 6.22. The third kappa shape index (κ3) is 5.36. The first-order valence-corrected chi connectivity index (χ1v) is 8.20. The summed E-state index contributed by atoms with van der Waals surface area (Å²) in [5, 5.41) is 2.80. The van der Waals surface area contributed by atoms with Crippen molar-refractivity contribution in [3.8, 4) is 0 Å². The quantitative estimate of drug-likeness (QED) is 0.908. The van der Waals surface area contributed by atoms with Crippen LogP contribution in [0.15, 0.2) is 18.2 Å². The van der Waals surface area contributed by atoms with Crippen molar-refractivity contribution in [3.05, 3.63) is 29.3 Å². The van der Waals surface area contributed by atoms with Crippen molar-refractivity contribution >= 4 is 17.5 Å². The number of nitrogens with zero attached hydrogens (tertiary/aromatic N) is 1. The lowest BCUT2D eigenvalue weighted by molar-refractivity contribution is -0.132. The van der Waals surface area contributed by atoms with Gasteiger partial charge in [0, 0.05) is 39.2 Å². The van der Waals surface area contributed by atoms with Crippen molar-refractivity contribution in [2.24, 2.45) is 0 Å². The van der Waals surface area contributed by atoms with Crippen LogP contribution in [0.25, 0.3) is 0 Å². The number of carbonyl (C=O) groups is 2. The van der Waals surface area contributed by atoms with Crippen molar-refractivity contribution in [2.45, 2.75) is 52.7 Å². The summed E-state index contributed by atoms with van der Waals surface area (Å²) in [4.78, 5) is 24.9. The second-order valence-corrected chi connectivity index (χ2v) is 6.22. The Morgan fingerprint density at radius 2 is 2.09 bits per heavy atom. The summed E-state index contributed by atoms with van der Waals surface area (Å²) in [5.74, 6) is -0.0246. The van der Waals surface area contributed by atoms with Crippen molar-refractivity contribution in [2.75, 3.05) is 18.5 Å². The highest BCUT2D eigenvalue weighted by atomic mass is 16.5. The molecule has 2 rings (SSSR count). The molecule has 0 aliphatic carbocycles. The molecule has 1 heterocycles. The van der Waals surface area contributed by atoms with Gasteiger partial charge in [-0.05, 0) is 43.4 Å². The Morgan fingerprint density at radius 3 is 2.65 bits per heavy atom. The molecule has 0 saturated carbocycles. The van der Waals surface area contributed by atoms with Crippen LogP contribution < -0.4 is 5.32 Å². The molecule has 0 spiro atoms. The zero-order chi connectivity index (χ0) is 16.8. The molecule has 5 heteroatoms. The van der Waals surface area contributed by atoms with Crippen molar-refractivity contribution < 1.29 is 14.3 Å². The monoisotopic (exact) mass is 318 g/mol. The summed E-state index contributed by atoms with van der Waals surface area (Å²) in [6.07, 6.45) is 3.44. The SMILES string of the molecule is CC(=O)Nc1ccc(CN(CC2CCCCO2)C(C)=O)cc1C. The molecule has 1 saturated heterocycles. The Kier molecular flexibility index (Phi) is 6.16. The number of nitrogens with one attached hydrogen (secondary N) is 1. The molecule has 0 aromatic heterocycles. The maximum absolute atomic E-state index is 11.9. The minimum absolute atomic E-state index is 0.0581. The number of carbonyl (C=O) groups excluding carboxylic acids is 2. The van der Waals surface area contributed by atoms with Crippen LogP contribution in [0.4, 0.5) is 5.69 Å². The zero-order valence-electron chi connectivity index (χ0n) is 14.2. The molecule has 1 fully saturated rings. The van der Waals surface area contributed by atoms with E-state index in [1.165, 1.54) is 13.3 Å². The zero-order valence-corrected chi connectivity index (χ0v) is 14.2. The number of benzene rings is 1. The molecule has 1 aliphatic heterocycles. The molecule has 2 amide bonds. The number of hydrogen-bond acceptors (Lipinski definition) is 3. The van der Waals surface area contributed by atoms with Gasteiger partial charge in [-0.1, -0.05) is 12.1 Å². The van der Waals surface area contributed by atoms with Gasteiger partial charge in [0.2, 0.25) is 11.8 Å². The maximum atomic E-state index is 11.9. The van der Waals surface area contributed by atoms with Crippen molar-refractivity contribution in [1.29, 1.82) is 0 Å². The van der Waals surface area contributed by atoms with Crippen LogP contribution in [0.3, 0.4) is 0 Å². The van der Waals surface area contributed by atoms with Gasteiger partial charge in [-0.15, -0.1) is 0 Å². The highest BCUT2D eigenvalue weighted by molar-refractivity contribution is 5.89. The third-order valence-electron chi connectivity index (χ3n) is 4.12. The topological polar surface area (TPSA) is 58.6 Å². The Labute approximate surface area is 138 Å².